The fourth-order valence-electron chi connectivity index (χ4n) is 4.62. The van der Waals surface area contributed by atoms with Crippen LogP contribution in [0.4, 0.5) is 0 Å². The zero-order valence-electron chi connectivity index (χ0n) is 15.0. The van der Waals surface area contributed by atoms with Gasteiger partial charge < -0.3 is 5.32 Å². The summed E-state index contributed by atoms with van der Waals surface area (Å²) < 4.78 is 0. The molecule has 3 nitrogen and oxygen atoms in total. The van der Waals surface area contributed by atoms with Gasteiger partial charge in [-0.25, -0.2) is 0 Å². The first kappa shape index (κ1) is 17.3. The zero-order valence-corrected chi connectivity index (χ0v) is 15.8. The van der Waals surface area contributed by atoms with Crippen molar-refractivity contribution in [1.29, 1.82) is 0 Å². The molecule has 0 unspecified atom stereocenters. The predicted molar refractivity (Wildman–Crippen MR) is 98.8 cm³/mol. The van der Waals surface area contributed by atoms with Gasteiger partial charge in [0.15, 0.2) is 5.17 Å². The molecule has 0 radical (unpaired) electrons. The Labute approximate surface area is 145 Å². The Morgan fingerprint density at radius 2 is 1.83 bits per heavy atom. The van der Waals surface area contributed by atoms with Gasteiger partial charge in [0.2, 0.25) is 5.91 Å². The first-order valence-electron chi connectivity index (χ1n) is 9.55. The van der Waals surface area contributed by atoms with Crippen molar-refractivity contribution in [2.45, 2.75) is 95.8 Å². The molecule has 0 aromatic heterocycles. The quantitative estimate of drug-likeness (QED) is 0.701. The van der Waals surface area contributed by atoms with Crippen molar-refractivity contribution in [3.8, 4) is 0 Å². The van der Waals surface area contributed by atoms with E-state index in [0.717, 1.165) is 5.17 Å². The van der Waals surface area contributed by atoms with E-state index in [4.69, 9.17) is 4.99 Å². The largest absolute Gasteiger partial charge is 0.304 e. The summed E-state index contributed by atoms with van der Waals surface area (Å²) in [6, 6.07) is 0. The molecule has 1 saturated heterocycles. The van der Waals surface area contributed by atoms with E-state index in [-0.39, 0.29) is 16.7 Å². The van der Waals surface area contributed by atoms with Gasteiger partial charge >= 0.3 is 0 Å². The van der Waals surface area contributed by atoms with E-state index in [1.165, 1.54) is 64.2 Å². The number of nitrogens with one attached hydrogen (secondary N) is 1. The van der Waals surface area contributed by atoms with Gasteiger partial charge in [0.25, 0.3) is 0 Å². The minimum Gasteiger partial charge on any atom is -0.304 e. The fraction of sp³-hybridized carbons (Fsp3) is 0.895. The van der Waals surface area contributed by atoms with Crippen LogP contribution in [-0.2, 0) is 4.79 Å². The highest BCUT2D eigenvalue weighted by Gasteiger charge is 2.48. The number of carbonyl (C=O) groups excluding carboxylic acids is 1. The molecular formula is C19H32N2OS. The van der Waals surface area contributed by atoms with E-state index < -0.39 is 0 Å². The molecule has 0 spiro atoms. The summed E-state index contributed by atoms with van der Waals surface area (Å²) in [7, 11) is 0. The smallest absolute Gasteiger partial charge is 0.239 e. The highest BCUT2D eigenvalue weighted by atomic mass is 32.2. The fourth-order valence-corrected chi connectivity index (χ4v) is 5.71. The molecule has 3 saturated carbocycles. The molecule has 3 aliphatic carbocycles. The third kappa shape index (κ3) is 3.62. The molecule has 23 heavy (non-hydrogen) atoms. The van der Waals surface area contributed by atoms with Crippen LogP contribution < -0.4 is 5.32 Å². The van der Waals surface area contributed by atoms with Crippen molar-refractivity contribution in [2.75, 3.05) is 0 Å². The second kappa shape index (κ2) is 6.78. The molecule has 0 aromatic carbocycles. The van der Waals surface area contributed by atoms with Crippen LogP contribution in [0.25, 0.3) is 0 Å². The van der Waals surface area contributed by atoms with Gasteiger partial charge in [-0.2, -0.15) is 0 Å². The van der Waals surface area contributed by atoms with Crippen molar-refractivity contribution < 1.29 is 4.79 Å². The number of nitrogens with zero attached hydrogens (tertiary/aromatic N) is 1. The molecule has 1 heterocycles. The Balaban J connectivity index is 1.61. The summed E-state index contributed by atoms with van der Waals surface area (Å²) in [5, 5.41) is 3.98. The maximum absolute atomic E-state index is 12.1. The van der Waals surface area contributed by atoms with Crippen LogP contribution in [0.3, 0.4) is 0 Å². The number of amides is 1. The minimum atomic E-state index is 0.0467. The van der Waals surface area contributed by atoms with E-state index in [9.17, 15) is 4.79 Å². The van der Waals surface area contributed by atoms with E-state index in [1.54, 1.807) is 11.8 Å². The van der Waals surface area contributed by atoms with Gasteiger partial charge in [0.1, 0.15) is 0 Å². The molecule has 4 heteroatoms. The first-order valence-corrected chi connectivity index (χ1v) is 10.4. The summed E-state index contributed by atoms with van der Waals surface area (Å²) >= 11 is 1.66. The topological polar surface area (TPSA) is 41.5 Å². The van der Waals surface area contributed by atoms with E-state index in [0.29, 0.717) is 11.3 Å². The zero-order chi connectivity index (χ0) is 16.5. The molecule has 1 atom stereocenters. The summed E-state index contributed by atoms with van der Waals surface area (Å²) in [6.07, 6.45) is 13.3. The molecule has 4 rings (SSSR count). The monoisotopic (exact) mass is 336 g/mol. The van der Waals surface area contributed by atoms with Gasteiger partial charge in [0.05, 0.1) is 10.8 Å². The van der Waals surface area contributed by atoms with Gasteiger partial charge in [-0.3, -0.25) is 9.79 Å². The van der Waals surface area contributed by atoms with Crippen LogP contribution in [0.15, 0.2) is 4.99 Å². The third-order valence-electron chi connectivity index (χ3n) is 6.34. The van der Waals surface area contributed by atoms with Crippen molar-refractivity contribution >= 4 is 22.8 Å². The standard InChI is InChI=1S/C19H32N2OS/c1-4-5-6-7-18-8-11-19(12-9-18,13-10-18)21-17-20-16(22)15(23-17)14(2)3/h14-15H,4-13H2,1-3H3,(H,20,21,22)/t15-,18?,19?/m1/s1. The first-order chi connectivity index (χ1) is 11.0. The Bertz CT molecular complexity index is 461. The number of aliphatic imine (C=N–C) groups is 1. The van der Waals surface area contributed by atoms with E-state index >= 15 is 0 Å². The number of amidine groups is 1. The molecule has 1 N–H and O–H groups in total. The molecule has 4 fully saturated rings. The van der Waals surface area contributed by atoms with E-state index in [1.807, 2.05) is 0 Å². The average Bonchev–Trinajstić information content (AvgIpc) is 2.90. The van der Waals surface area contributed by atoms with Crippen LogP contribution in [0, 0.1) is 11.3 Å². The van der Waals surface area contributed by atoms with Crippen molar-refractivity contribution in [1.82, 2.24) is 5.32 Å². The van der Waals surface area contributed by atoms with Crippen LogP contribution >= 0.6 is 11.8 Å². The Morgan fingerprint density at radius 1 is 1.17 bits per heavy atom. The predicted octanol–water partition coefficient (Wildman–Crippen LogP) is 4.90. The van der Waals surface area contributed by atoms with Gasteiger partial charge in [-0.05, 0) is 56.3 Å². The second-order valence-electron chi connectivity index (χ2n) is 8.37. The van der Waals surface area contributed by atoms with Crippen LogP contribution in [0.5, 0.6) is 0 Å². The number of rotatable bonds is 6. The number of fused-ring (bicyclic) bond motifs is 3. The summed E-state index contributed by atoms with van der Waals surface area (Å²) in [4.78, 5) is 17.1. The number of hydrogen-bond acceptors (Lipinski definition) is 3. The molecular weight excluding hydrogens is 304 g/mol. The number of thioether (sulfide) groups is 1. The number of carbonyl (C=O) groups is 1. The van der Waals surface area contributed by atoms with Crippen LogP contribution in [0.2, 0.25) is 0 Å². The highest BCUT2D eigenvalue weighted by molar-refractivity contribution is 8.15. The van der Waals surface area contributed by atoms with E-state index in [2.05, 4.69) is 26.1 Å². The lowest BCUT2D eigenvalue weighted by Crippen LogP contribution is -2.45. The molecule has 2 bridgehead atoms. The van der Waals surface area contributed by atoms with Gasteiger partial charge in [0, 0.05) is 0 Å². The normalized spacial score (nSPS) is 38.5. The van der Waals surface area contributed by atoms with Gasteiger partial charge in [-0.1, -0.05) is 51.8 Å². The molecule has 130 valence electrons. The van der Waals surface area contributed by atoms with Crippen molar-refractivity contribution in [2.24, 2.45) is 16.3 Å². The van der Waals surface area contributed by atoms with Crippen molar-refractivity contribution in [3.63, 3.8) is 0 Å². The number of unbranched alkanes of at least 4 members (excludes halogenated alkanes) is 2. The minimum absolute atomic E-state index is 0.0467. The van der Waals surface area contributed by atoms with Crippen LogP contribution in [-0.4, -0.2) is 21.9 Å². The molecule has 1 amide bonds. The maximum atomic E-state index is 12.1. The van der Waals surface area contributed by atoms with Crippen molar-refractivity contribution in [3.05, 3.63) is 0 Å². The summed E-state index contributed by atoms with van der Waals surface area (Å²) in [5.74, 6) is 0.523. The maximum Gasteiger partial charge on any atom is 0.239 e. The molecule has 4 aliphatic rings. The lowest BCUT2D eigenvalue weighted by Gasteiger charge is -2.52. The third-order valence-corrected chi connectivity index (χ3v) is 7.77. The average molecular weight is 337 g/mol. The number of hydrogen-bond donors (Lipinski definition) is 1. The van der Waals surface area contributed by atoms with Gasteiger partial charge in [-0.15, -0.1) is 0 Å². The lowest BCUT2D eigenvalue weighted by molar-refractivity contribution is -0.119. The Morgan fingerprint density at radius 3 is 2.35 bits per heavy atom. The summed E-state index contributed by atoms with van der Waals surface area (Å²) in [5.41, 5.74) is 0.762. The van der Waals surface area contributed by atoms with Crippen LogP contribution in [0.1, 0.15) is 85.0 Å². The summed E-state index contributed by atoms with van der Waals surface area (Å²) in [6.45, 7) is 6.52. The molecule has 1 aliphatic heterocycles. The Hall–Kier alpha value is -0.510. The highest BCUT2D eigenvalue weighted by Crippen LogP contribution is 2.56. The lowest BCUT2D eigenvalue weighted by atomic mass is 9.56. The Kier molecular flexibility index (Phi) is 5.10. The second-order valence-corrected chi connectivity index (χ2v) is 9.50. The molecule has 0 aromatic rings. The SMILES string of the molecule is CCCCCC12CCC(N=C3NC(=O)[C@@H](C(C)C)S3)(CC1)CC2.